The molecule has 1 aliphatic heterocycles. The zero-order valence-corrected chi connectivity index (χ0v) is 17.0. The number of hydrogen-bond acceptors (Lipinski definition) is 3. The summed E-state index contributed by atoms with van der Waals surface area (Å²) in [5.41, 5.74) is 6.12. The lowest BCUT2D eigenvalue weighted by atomic mass is 9.99. The van der Waals surface area contributed by atoms with Gasteiger partial charge in [0.05, 0.1) is 5.52 Å². The standard InChI is InChI=1S/C26H23N3O/c1-18-13-19(23-14-20-5-2-3-7-25(20)28-16-23)8-9-24(18)26(30)29-12-10-22(17-29)21-6-4-11-27-15-21/h2-9,11,13-16,22H,10,12,17H2,1H3. The van der Waals surface area contributed by atoms with Crippen LogP contribution in [0.5, 0.6) is 0 Å². The number of rotatable bonds is 3. The number of para-hydroxylation sites is 1. The van der Waals surface area contributed by atoms with Crippen molar-refractivity contribution in [1.29, 1.82) is 0 Å². The lowest BCUT2D eigenvalue weighted by Crippen LogP contribution is -2.29. The van der Waals surface area contributed by atoms with E-state index < -0.39 is 0 Å². The number of fused-ring (bicyclic) bond motifs is 1. The van der Waals surface area contributed by atoms with Gasteiger partial charge in [-0.1, -0.05) is 36.4 Å². The van der Waals surface area contributed by atoms with Gasteiger partial charge in [-0.15, -0.1) is 0 Å². The number of benzene rings is 2. The van der Waals surface area contributed by atoms with Crippen molar-refractivity contribution in [2.24, 2.45) is 0 Å². The van der Waals surface area contributed by atoms with E-state index in [1.807, 2.05) is 60.6 Å². The third kappa shape index (κ3) is 3.45. The van der Waals surface area contributed by atoms with Gasteiger partial charge in [-0.05, 0) is 54.3 Å². The molecule has 5 rings (SSSR count). The van der Waals surface area contributed by atoms with Crippen LogP contribution in [0.25, 0.3) is 22.0 Å². The molecular formula is C26H23N3O. The van der Waals surface area contributed by atoms with Crippen LogP contribution in [0.1, 0.15) is 33.8 Å². The van der Waals surface area contributed by atoms with Crippen LogP contribution in [0.2, 0.25) is 0 Å². The van der Waals surface area contributed by atoms with Crippen molar-refractivity contribution in [3.05, 3.63) is 95.9 Å². The van der Waals surface area contributed by atoms with E-state index in [1.54, 1.807) is 6.20 Å². The van der Waals surface area contributed by atoms with Crippen LogP contribution in [0, 0.1) is 6.92 Å². The Bertz CT molecular complexity index is 1220. The fourth-order valence-corrected chi connectivity index (χ4v) is 4.32. The van der Waals surface area contributed by atoms with Crippen LogP contribution < -0.4 is 0 Å². The molecule has 1 saturated heterocycles. The minimum absolute atomic E-state index is 0.113. The number of nitrogens with zero attached hydrogens (tertiary/aromatic N) is 3. The minimum atomic E-state index is 0.113. The second-order valence-corrected chi connectivity index (χ2v) is 7.97. The molecule has 2 aromatic heterocycles. The molecule has 30 heavy (non-hydrogen) atoms. The first-order chi connectivity index (χ1) is 14.7. The highest BCUT2D eigenvalue weighted by molar-refractivity contribution is 5.96. The van der Waals surface area contributed by atoms with Crippen molar-refractivity contribution in [2.45, 2.75) is 19.3 Å². The highest BCUT2D eigenvalue weighted by atomic mass is 16.2. The maximum atomic E-state index is 13.2. The van der Waals surface area contributed by atoms with Crippen molar-refractivity contribution in [2.75, 3.05) is 13.1 Å². The fraction of sp³-hybridized carbons (Fsp3) is 0.192. The van der Waals surface area contributed by atoms with Crippen LogP contribution in [-0.4, -0.2) is 33.9 Å². The van der Waals surface area contributed by atoms with Gasteiger partial charge in [0.15, 0.2) is 0 Å². The van der Waals surface area contributed by atoms with E-state index in [0.717, 1.165) is 52.7 Å². The van der Waals surface area contributed by atoms with Crippen LogP contribution in [0.3, 0.4) is 0 Å². The van der Waals surface area contributed by atoms with Crippen LogP contribution in [0.4, 0.5) is 0 Å². The van der Waals surface area contributed by atoms with E-state index in [2.05, 4.69) is 34.2 Å². The second-order valence-electron chi connectivity index (χ2n) is 7.97. The summed E-state index contributed by atoms with van der Waals surface area (Å²) in [7, 11) is 0. The van der Waals surface area contributed by atoms with Gasteiger partial charge in [-0.3, -0.25) is 14.8 Å². The van der Waals surface area contributed by atoms with Crippen molar-refractivity contribution < 1.29 is 4.79 Å². The number of hydrogen-bond donors (Lipinski definition) is 0. The molecule has 3 heterocycles. The van der Waals surface area contributed by atoms with E-state index in [4.69, 9.17) is 0 Å². The molecule has 1 fully saturated rings. The van der Waals surface area contributed by atoms with E-state index in [0.29, 0.717) is 5.92 Å². The molecule has 1 amide bonds. The fourth-order valence-electron chi connectivity index (χ4n) is 4.32. The molecule has 0 bridgehead atoms. The molecule has 148 valence electrons. The first kappa shape index (κ1) is 18.5. The molecule has 4 aromatic rings. The molecule has 1 atom stereocenters. The van der Waals surface area contributed by atoms with Gasteiger partial charge in [-0.25, -0.2) is 0 Å². The first-order valence-electron chi connectivity index (χ1n) is 10.3. The second kappa shape index (κ2) is 7.71. The van der Waals surface area contributed by atoms with Gasteiger partial charge >= 0.3 is 0 Å². The van der Waals surface area contributed by atoms with Gasteiger partial charge in [0.2, 0.25) is 0 Å². The Morgan fingerprint density at radius 3 is 2.73 bits per heavy atom. The topological polar surface area (TPSA) is 46.1 Å². The Morgan fingerprint density at radius 2 is 1.90 bits per heavy atom. The highest BCUT2D eigenvalue weighted by Crippen LogP contribution is 2.29. The number of pyridine rings is 2. The number of carbonyl (C=O) groups is 1. The van der Waals surface area contributed by atoms with Gasteiger partial charge < -0.3 is 4.90 Å². The Kier molecular flexibility index (Phi) is 4.75. The molecule has 4 heteroatoms. The summed E-state index contributed by atoms with van der Waals surface area (Å²) in [4.78, 5) is 23.9. The van der Waals surface area contributed by atoms with E-state index >= 15 is 0 Å². The lowest BCUT2D eigenvalue weighted by Gasteiger charge is -2.18. The van der Waals surface area contributed by atoms with Crippen molar-refractivity contribution in [1.82, 2.24) is 14.9 Å². The van der Waals surface area contributed by atoms with Crippen LogP contribution in [-0.2, 0) is 0 Å². The molecule has 0 aliphatic carbocycles. The number of amides is 1. The molecule has 0 N–H and O–H groups in total. The van der Waals surface area contributed by atoms with E-state index in [9.17, 15) is 4.79 Å². The Balaban J connectivity index is 1.37. The summed E-state index contributed by atoms with van der Waals surface area (Å²) in [6, 6.07) is 20.4. The Morgan fingerprint density at radius 1 is 1.00 bits per heavy atom. The van der Waals surface area contributed by atoms with Gasteiger partial charge in [0.1, 0.15) is 0 Å². The lowest BCUT2D eigenvalue weighted by molar-refractivity contribution is 0.0790. The number of aryl methyl sites for hydroxylation is 1. The number of likely N-dealkylation sites (tertiary alicyclic amines) is 1. The van der Waals surface area contributed by atoms with Crippen molar-refractivity contribution in [3.8, 4) is 11.1 Å². The van der Waals surface area contributed by atoms with E-state index in [-0.39, 0.29) is 5.91 Å². The average molecular weight is 393 g/mol. The maximum Gasteiger partial charge on any atom is 0.254 e. The predicted octanol–water partition coefficient (Wildman–Crippen LogP) is 5.23. The van der Waals surface area contributed by atoms with Crippen molar-refractivity contribution >= 4 is 16.8 Å². The highest BCUT2D eigenvalue weighted by Gasteiger charge is 2.28. The third-order valence-corrected chi connectivity index (χ3v) is 6.01. The SMILES string of the molecule is Cc1cc(-c2cnc3ccccc3c2)ccc1C(=O)N1CCC(c2cccnc2)C1. The maximum absolute atomic E-state index is 13.2. The van der Waals surface area contributed by atoms with E-state index in [1.165, 1.54) is 5.56 Å². The average Bonchev–Trinajstić information content (AvgIpc) is 3.29. The molecule has 0 radical (unpaired) electrons. The first-order valence-corrected chi connectivity index (χ1v) is 10.3. The summed E-state index contributed by atoms with van der Waals surface area (Å²) < 4.78 is 0. The summed E-state index contributed by atoms with van der Waals surface area (Å²) in [6.07, 6.45) is 6.59. The summed E-state index contributed by atoms with van der Waals surface area (Å²) in [5.74, 6) is 0.480. The Labute approximate surface area is 176 Å². The third-order valence-electron chi connectivity index (χ3n) is 6.01. The molecule has 0 spiro atoms. The van der Waals surface area contributed by atoms with Crippen LogP contribution >= 0.6 is 0 Å². The summed E-state index contributed by atoms with van der Waals surface area (Å²) in [6.45, 7) is 3.55. The van der Waals surface area contributed by atoms with Gasteiger partial charge in [0, 0.05) is 54.1 Å². The molecule has 1 aliphatic rings. The normalized spacial score (nSPS) is 16.2. The zero-order chi connectivity index (χ0) is 20.5. The van der Waals surface area contributed by atoms with Crippen molar-refractivity contribution in [3.63, 3.8) is 0 Å². The molecular weight excluding hydrogens is 370 g/mol. The van der Waals surface area contributed by atoms with Gasteiger partial charge in [0.25, 0.3) is 5.91 Å². The van der Waals surface area contributed by atoms with Gasteiger partial charge in [-0.2, -0.15) is 0 Å². The largest absolute Gasteiger partial charge is 0.338 e. The zero-order valence-electron chi connectivity index (χ0n) is 17.0. The summed E-state index contributed by atoms with van der Waals surface area (Å²) in [5, 5.41) is 1.12. The molecule has 4 nitrogen and oxygen atoms in total. The quantitative estimate of drug-likeness (QED) is 0.478. The molecule has 0 saturated carbocycles. The number of aromatic nitrogens is 2. The monoisotopic (exact) mass is 393 g/mol. The number of carbonyl (C=O) groups excluding carboxylic acids is 1. The Hall–Kier alpha value is -3.53. The predicted molar refractivity (Wildman–Crippen MR) is 119 cm³/mol. The van der Waals surface area contributed by atoms with Crippen LogP contribution in [0.15, 0.2) is 79.3 Å². The summed E-state index contributed by atoms with van der Waals surface area (Å²) >= 11 is 0. The minimum Gasteiger partial charge on any atom is -0.338 e. The molecule has 2 aromatic carbocycles. The molecule has 1 unspecified atom stereocenters. The smallest absolute Gasteiger partial charge is 0.254 e.